The van der Waals surface area contributed by atoms with E-state index >= 15 is 0 Å². The van der Waals surface area contributed by atoms with Gasteiger partial charge >= 0.3 is 0 Å². The van der Waals surface area contributed by atoms with Gasteiger partial charge in [0.05, 0.1) is 6.04 Å². The second-order valence-electron chi connectivity index (χ2n) is 6.46. The van der Waals surface area contributed by atoms with Crippen molar-refractivity contribution in [3.63, 3.8) is 0 Å². The van der Waals surface area contributed by atoms with Crippen LogP contribution < -0.4 is 10.1 Å². The maximum Gasteiger partial charge on any atom is 0.258 e. The van der Waals surface area contributed by atoms with Crippen molar-refractivity contribution in [1.29, 1.82) is 0 Å². The van der Waals surface area contributed by atoms with E-state index in [0.29, 0.717) is 16.9 Å². The standard InChI is InChI=1S/C23H19F2NO3/c1-15(20-12-9-18(24)13-21(20)25)26-22(27)14-29-19-10-7-17(8-11-19)23(28)16-5-3-2-4-6-16/h2-13,15H,14H2,1H3,(H,26,27)/t15-/m0/s1. The summed E-state index contributed by atoms with van der Waals surface area (Å²) in [6.45, 7) is 1.32. The fourth-order valence-electron chi connectivity index (χ4n) is 2.82. The van der Waals surface area contributed by atoms with Crippen LogP contribution in [0.1, 0.15) is 34.5 Å². The Hall–Kier alpha value is -3.54. The molecule has 0 aliphatic heterocycles. The average Bonchev–Trinajstić information content (AvgIpc) is 2.72. The minimum absolute atomic E-state index is 0.106. The highest BCUT2D eigenvalue weighted by molar-refractivity contribution is 6.08. The van der Waals surface area contributed by atoms with E-state index in [1.807, 2.05) is 6.07 Å². The predicted octanol–water partition coefficient (Wildman–Crippen LogP) is 4.45. The summed E-state index contributed by atoms with van der Waals surface area (Å²) in [5.74, 6) is -1.54. The van der Waals surface area contributed by atoms with Gasteiger partial charge in [0.25, 0.3) is 5.91 Å². The van der Waals surface area contributed by atoms with Gasteiger partial charge in [-0.2, -0.15) is 0 Å². The van der Waals surface area contributed by atoms with Crippen LogP contribution in [0.4, 0.5) is 8.78 Å². The minimum atomic E-state index is -0.725. The molecule has 0 saturated heterocycles. The van der Waals surface area contributed by atoms with Crippen molar-refractivity contribution in [2.24, 2.45) is 0 Å². The molecule has 1 atom stereocenters. The van der Waals surface area contributed by atoms with Gasteiger partial charge in [-0.05, 0) is 37.3 Å². The van der Waals surface area contributed by atoms with E-state index in [4.69, 9.17) is 4.74 Å². The first-order valence-corrected chi connectivity index (χ1v) is 9.01. The molecule has 0 fully saturated rings. The highest BCUT2D eigenvalue weighted by Crippen LogP contribution is 2.18. The molecular formula is C23H19F2NO3. The number of halogens is 2. The third-order valence-corrected chi connectivity index (χ3v) is 4.33. The molecule has 0 bridgehead atoms. The van der Waals surface area contributed by atoms with Crippen molar-refractivity contribution in [2.45, 2.75) is 13.0 Å². The molecule has 0 aliphatic rings. The third kappa shape index (κ3) is 5.25. The average molecular weight is 395 g/mol. The van der Waals surface area contributed by atoms with E-state index < -0.39 is 23.6 Å². The molecule has 0 saturated carbocycles. The largest absolute Gasteiger partial charge is 0.484 e. The molecule has 4 nitrogen and oxygen atoms in total. The molecule has 1 amide bonds. The summed E-state index contributed by atoms with van der Waals surface area (Å²) in [6, 6.07) is 17.9. The number of nitrogens with one attached hydrogen (secondary N) is 1. The third-order valence-electron chi connectivity index (χ3n) is 4.33. The van der Waals surface area contributed by atoms with Crippen molar-refractivity contribution in [2.75, 3.05) is 6.61 Å². The number of ketones is 1. The van der Waals surface area contributed by atoms with E-state index in [9.17, 15) is 18.4 Å². The Morgan fingerprint density at radius 1 is 0.931 bits per heavy atom. The van der Waals surface area contributed by atoms with Crippen LogP contribution in [-0.2, 0) is 4.79 Å². The zero-order valence-corrected chi connectivity index (χ0v) is 15.7. The lowest BCUT2D eigenvalue weighted by atomic mass is 10.0. The van der Waals surface area contributed by atoms with Crippen LogP contribution in [0.5, 0.6) is 5.75 Å². The Morgan fingerprint density at radius 3 is 2.24 bits per heavy atom. The second kappa shape index (κ2) is 9.10. The second-order valence-corrected chi connectivity index (χ2v) is 6.46. The lowest BCUT2D eigenvalue weighted by Gasteiger charge is -2.15. The lowest BCUT2D eigenvalue weighted by molar-refractivity contribution is -0.123. The molecule has 0 spiro atoms. The molecule has 3 rings (SSSR count). The van der Waals surface area contributed by atoms with Gasteiger partial charge in [-0.3, -0.25) is 9.59 Å². The van der Waals surface area contributed by atoms with Gasteiger partial charge in [-0.15, -0.1) is 0 Å². The van der Waals surface area contributed by atoms with E-state index in [0.717, 1.165) is 12.1 Å². The Labute approximate surface area is 167 Å². The first kappa shape index (κ1) is 20.2. The van der Waals surface area contributed by atoms with Gasteiger partial charge in [0.15, 0.2) is 12.4 Å². The monoisotopic (exact) mass is 395 g/mol. The fourth-order valence-corrected chi connectivity index (χ4v) is 2.82. The van der Waals surface area contributed by atoms with Crippen molar-refractivity contribution >= 4 is 11.7 Å². The van der Waals surface area contributed by atoms with Crippen LogP contribution in [0.25, 0.3) is 0 Å². The van der Waals surface area contributed by atoms with E-state index in [2.05, 4.69) is 5.32 Å². The molecule has 148 valence electrons. The molecule has 0 unspecified atom stereocenters. The number of carbonyl (C=O) groups is 2. The summed E-state index contributed by atoms with van der Waals surface area (Å²) >= 11 is 0. The topological polar surface area (TPSA) is 55.4 Å². The summed E-state index contributed by atoms with van der Waals surface area (Å²) < 4.78 is 32.2. The van der Waals surface area contributed by atoms with Crippen LogP contribution >= 0.6 is 0 Å². The maximum atomic E-state index is 13.8. The van der Waals surface area contributed by atoms with Crippen LogP contribution in [0, 0.1) is 11.6 Å². The Balaban J connectivity index is 1.54. The first-order valence-electron chi connectivity index (χ1n) is 9.01. The van der Waals surface area contributed by atoms with Crippen molar-refractivity contribution in [1.82, 2.24) is 5.32 Å². The molecule has 0 heterocycles. The SMILES string of the molecule is C[C@H](NC(=O)COc1ccc(C(=O)c2ccccc2)cc1)c1ccc(F)cc1F. The molecule has 3 aromatic carbocycles. The molecule has 3 aromatic rings. The number of hydrogen-bond acceptors (Lipinski definition) is 3. The zero-order valence-electron chi connectivity index (χ0n) is 15.7. The van der Waals surface area contributed by atoms with Gasteiger partial charge in [0.1, 0.15) is 17.4 Å². The number of ether oxygens (including phenoxy) is 1. The zero-order chi connectivity index (χ0) is 20.8. The molecule has 0 radical (unpaired) electrons. The highest BCUT2D eigenvalue weighted by atomic mass is 19.1. The van der Waals surface area contributed by atoms with Crippen LogP contribution in [0.2, 0.25) is 0 Å². The molecule has 1 N–H and O–H groups in total. The van der Waals surface area contributed by atoms with Gasteiger partial charge in [0.2, 0.25) is 0 Å². The predicted molar refractivity (Wildman–Crippen MR) is 105 cm³/mol. The number of carbonyl (C=O) groups excluding carboxylic acids is 2. The molecular weight excluding hydrogens is 376 g/mol. The fraction of sp³-hybridized carbons (Fsp3) is 0.130. The van der Waals surface area contributed by atoms with Crippen LogP contribution in [0.15, 0.2) is 72.8 Å². The number of rotatable bonds is 7. The summed E-state index contributed by atoms with van der Waals surface area (Å²) in [4.78, 5) is 24.4. The first-order chi connectivity index (χ1) is 13.9. The summed E-state index contributed by atoms with van der Waals surface area (Å²) in [6.07, 6.45) is 0. The summed E-state index contributed by atoms with van der Waals surface area (Å²) in [5, 5.41) is 2.60. The van der Waals surface area contributed by atoms with E-state index in [1.54, 1.807) is 55.5 Å². The number of hydrogen-bond donors (Lipinski definition) is 1. The minimum Gasteiger partial charge on any atom is -0.484 e. The Morgan fingerprint density at radius 2 is 1.59 bits per heavy atom. The Bertz CT molecular complexity index is 1000. The summed E-state index contributed by atoms with van der Waals surface area (Å²) in [7, 11) is 0. The van der Waals surface area contributed by atoms with Crippen molar-refractivity contribution in [3.05, 3.63) is 101 Å². The maximum absolute atomic E-state index is 13.8. The van der Waals surface area contributed by atoms with Gasteiger partial charge in [0, 0.05) is 22.8 Å². The van der Waals surface area contributed by atoms with Gasteiger partial charge in [-0.25, -0.2) is 8.78 Å². The van der Waals surface area contributed by atoms with Gasteiger partial charge in [-0.1, -0.05) is 36.4 Å². The lowest BCUT2D eigenvalue weighted by Crippen LogP contribution is -2.31. The quantitative estimate of drug-likeness (QED) is 0.602. The normalized spacial score (nSPS) is 11.6. The van der Waals surface area contributed by atoms with Crippen molar-refractivity contribution in [3.8, 4) is 5.75 Å². The van der Waals surface area contributed by atoms with Gasteiger partial charge < -0.3 is 10.1 Å². The van der Waals surface area contributed by atoms with Crippen molar-refractivity contribution < 1.29 is 23.1 Å². The number of benzene rings is 3. The highest BCUT2D eigenvalue weighted by Gasteiger charge is 2.15. The smallest absolute Gasteiger partial charge is 0.258 e. The summed E-state index contributed by atoms with van der Waals surface area (Å²) in [5.41, 5.74) is 1.28. The van der Waals surface area contributed by atoms with Crippen LogP contribution in [-0.4, -0.2) is 18.3 Å². The molecule has 6 heteroatoms. The van der Waals surface area contributed by atoms with Crippen LogP contribution in [0.3, 0.4) is 0 Å². The molecule has 29 heavy (non-hydrogen) atoms. The number of amides is 1. The van der Waals surface area contributed by atoms with E-state index in [1.165, 1.54) is 6.07 Å². The molecule has 0 aliphatic carbocycles. The van der Waals surface area contributed by atoms with E-state index in [-0.39, 0.29) is 18.0 Å². The Kier molecular flexibility index (Phi) is 6.34. The molecule has 0 aromatic heterocycles.